The van der Waals surface area contributed by atoms with E-state index in [0.717, 1.165) is 15.7 Å². The van der Waals surface area contributed by atoms with Crippen LogP contribution in [0.4, 0.5) is 5.13 Å². The maximum Gasteiger partial charge on any atom is 0.205 e. The van der Waals surface area contributed by atoms with Gasteiger partial charge in [0.15, 0.2) is 0 Å². The highest BCUT2D eigenvalue weighted by atomic mass is 35.5. The SMILES string of the molecule is Cc1nnc(NCc2c(Cl)ccc(Cl)c2Cl)s1. The Kier molecular flexibility index (Phi) is 4.09. The Balaban J connectivity index is 2.16. The molecule has 0 unspecified atom stereocenters. The van der Waals surface area contributed by atoms with E-state index >= 15 is 0 Å². The molecule has 0 bridgehead atoms. The highest BCUT2D eigenvalue weighted by Gasteiger charge is 2.10. The maximum absolute atomic E-state index is 6.08. The van der Waals surface area contributed by atoms with Gasteiger partial charge in [-0.15, -0.1) is 10.2 Å². The number of rotatable bonds is 3. The van der Waals surface area contributed by atoms with Crippen molar-refractivity contribution in [3.05, 3.63) is 37.8 Å². The number of halogens is 3. The molecule has 3 nitrogen and oxygen atoms in total. The summed E-state index contributed by atoms with van der Waals surface area (Å²) in [6.45, 7) is 2.36. The molecule has 0 spiro atoms. The van der Waals surface area contributed by atoms with Crippen molar-refractivity contribution in [2.45, 2.75) is 13.5 Å². The van der Waals surface area contributed by atoms with Gasteiger partial charge in [-0.2, -0.15) is 0 Å². The van der Waals surface area contributed by atoms with Crippen molar-refractivity contribution >= 4 is 51.3 Å². The number of hydrogen-bond acceptors (Lipinski definition) is 4. The minimum atomic E-state index is 0.465. The molecule has 1 heterocycles. The van der Waals surface area contributed by atoms with Crippen LogP contribution in [0.3, 0.4) is 0 Å². The number of hydrogen-bond donors (Lipinski definition) is 1. The smallest absolute Gasteiger partial charge is 0.205 e. The quantitative estimate of drug-likeness (QED) is 0.853. The van der Waals surface area contributed by atoms with Crippen molar-refractivity contribution in [2.75, 3.05) is 5.32 Å². The number of nitrogens with one attached hydrogen (secondary N) is 1. The Labute approximate surface area is 118 Å². The predicted molar refractivity (Wildman–Crippen MR) is 73.4 cm³/mol. The third-order valence-corrected chi connectivity index (χ3v) is 4.08. The van der Waals surface area contributed by atoms with Crippen molar-refractivity contribution in [3.8, 4) is 0 Å². The van der Waals surface area contributed by atoms with Gasteiger partial charge in [0.2, 0.25) is 5.13 Å². The molecule has 1 aromatic heterocycles. The number of aryl methyl sites for hydroxylation is 1. The van der Waals surface area contributed by atoms with Gasteiger partial charge in [0, 0.05) is 17.1 Å². The minimum absolute atomic E-state index is 0.465. The van der Waals surface area contributed by atoms with Crippen LogP contribution in [0.15, 0.2) is 12.1 Å². The van der Waals surface area contributed by atoms with E-state index in [2.05, 4.69) is 15.5 Å². The molecule has 0 aliphatic carbocycles. The fourth-order valence-electron chi connectivity index (χ4n) is 1.26. The first-order valence-corrected chi connectivity index (χ1v) is 6.69. The molecule has 0 aliphatic heterocycles. The van der Waals surface area contributed by atoms with E-state index in [4.69, 9.17) is 34.8 Å². The Bertz CT molecular complexity index is 542. The lowest BCUT2D eigenvalue weighted by molar-refractivity contribution is 1.02. The zero-order valence-electron chi connectivity index (χ0n) is 8.80. The van der Waals surface area contributed by atoms with Crippen LogP contribution in [0.2, 0.25) is 15.1 Å². The summed E-state index contributed by atoms with van der Waals surface area (Å²) in [6, 6.07) is 3.39. The van der Waals surface area contributed by atoms with E-state index in [1.165, 1.54) is 11.3 Å². The second-order valence-electron chi connectivity index (χ2n) is 3.30. The van der Waals surface area contributed by atoms with E-state index in [1.54, 1.807) is 12.1 Å². The van der Waals surface area contributed by atoms with E-state index < -0.39 is 0 Å². The molecule has 0 atom stereocenters. The van der Waals surface area contributed by atoms with Crippen molar-refractivity contribution in [1.82, 2.24) is 10.2 Å². The molecule has 1 N–H and O–H groups in total. The van der Waals surface area contributed by atoms with Crippen LogP contribution in [0.25, 0.3) is 0 Å². The highest BCUT2D eigenvalue weighted by Crippen LogP contribution is 2.32. The largest absolute Gasteiger partial charge is 0.356 e. The number of nitrogens with zero attached hydrogens (tertiary/aromatic N) is 2. The second-order valence-corrected chi connectivity index (χ2v) is 5.68. The molecule has 0 aliphatic rings. The summed E-state index contributed by atoms with van der Waals surface area (Å²) in [6.07, 6.45) is 0. The molecule has 0 fully saturated rings. The van der Waals surface area contributed by atoms with E-state index in [0.29, 0.717) is 21.6 Å². The lowest BCUT2D eigenvalue weighted by atomic mass is 10.2. The molecule has 0 saturated carbocycles. The molecule has 90 valence electrons. The first-order chi connectivity index (χ1) is 8.08. The van der Waals surface area contributed by atoms with Crippen LogP contribution >= 0.6 is 46.1 Å². The molecular formula is C10H8Cl3N3S. The van der Waals surface area contributed by atoms with Gasteiger partial charge >= 0.3 is 0 Å². The van der Waals surface area contributed by atoms with Crippen molar-refractivity contribution in [2.24, 2.45) is 0 Å². The van der Waals surface area contributed by atoms with E-state index in [1.807, 2.05) is 6.92 Å². The molecule has 7 heteroatoms. The highest BCUT2D eigenvalue weighted by molar-refractivity contribution is 7.15. The molecule has 0 amide bonds. The normalized spacial score (nSPS) is 10.6. The summed E-state index contributed by atoms with van der Waals surface area (Å²) >= 11 is 19.5. The van der Waals surface area contributed by atoms with Crippen LogP contribution < -0.4 is 5.32 Å². The Morgan fingerprint density at radius 1 is 1.18 bits per heavy atom. The maximum atomic E-state index is 6.08. The monoisotopic (exact) mass is 307 g/mol. The van der Waals surface area contributed by atoms with Gasteiger partial charge in [-0.3, -0.25) is 0 Å². The summed E-state index contributed by atoms with van der Waals surface area (Å²) in [5.74, 6) is 0. The predicted octanol–water partition coefficient (Wildman–Crippen LogP) is 4.42. The van der Waals surface area contributed by atoms with Crippen LogP contribution in [0.5, 0.6) is 0 Å². The Morgan fingerprint density at radius 2 is 1.88 bits per heavy atom. The topological polar surface area (TPSA) is 37.8 Å². The summed E-state index contributed by atoms with van der Waals surface area (Å²) < 4.78 is 0. The van der Waals surface area contributed by atoms with Crippen LogP contribution in [0.1, 0.15) is 10.6 Å². The fourth-order valence-corrected chi connectivity index (χ4v) is 2.53. The Hall–Kier alpha value is -0.550. The third kappa shape index (κ3) is 3.01. The fraction of sp³-hybridized carbons (Fsp3) is 0.200. The molecule has 2 aromatic rings. The number of aromatic nitrogens is 2. The second kappa shape index (κ2) is 5.40. The molecular weight excluding hydrogens is 301 g/mol. The number of anilines is 1. The first-order valence-electron chi connectivity index (χ1n) is 4.74. The lowest BCUT2D eigenvalue weighted by Gasteiger charge is -2.08. The minimum Gasteiger partial charge on any atom is -0.356 e. The van der Waals surface area contributed by atoms with Gasteiger partial charge in [0.05, 0.1) is 10.0 Å². The van der Waals surface area contributed by atoms with E-state index in [9.17, 15) is 0 Å². The third-order valence-electron chi connectivity index (χ3n) is 2.08. The summed E-state index contributed by atoms with van der Waals surface area (Å²) in [5.41, 5.74) is 0.758. The zero-order valence-corrected chi connectivity index (χ0v) is 11.9. The van der Waals surface area contributed by atoms with E-state index in [-0.39, 0.29) is 0 Å². The first kappa shape index (κ1) is 12.9. The number of benzene rings is 1. The standard InChI is InChI=1S/C10H8Cl3N3S/c1-5-15-16-10(17-5)14-4-6-7(11)2-3-8(12)9(6)13/h2-3H,4H2,1H3,(H,14,16). The summed E-state index contributed by atoms with van der Waals surface area (Å²) in [7, 11) is 0. The van der Waals surface area contributed by atoms with Crippen LogP contribution in [-0.4, -0.2) is 10.2 Å². The van der Waals surface area contributed by atoms with Gasteiger partial charge in [-0.1, -0.05) is 46.1 Å². The van der Waals surface area contributed by atoms with Gasteiger partial charge in [-0.25, -0.2) is 0 Å². The molecule has 0 saturated heterocycles. The van der Waals surface area contributed by atoms with Crippen LogP contribution in [-0.2, 0) is 6.54 Å². The van der Waals surface area contributed by atoms with Gasteiger partial charge in [-0.05, 0) is 19.1 Å². The summed E-state index contributed by atoms with van der Waals surface area (Å²) in [5, 5.41) is 14.1. The summed E-state index contributed by atoms with van der Waals surface area (Å²) in [4.78, 5) is 0. The average molecular weight is 309 g/mol. The van der Waals surface area contributed by atoms with Gasteiger partial charge < -0.3 is 5.32 Å². The molecule has 2 rings (SSSR count). The van der Waals surface area contributed by atoms with Crippen LogP contribution in [0, 0.1) is 6.92 Å². The van der Waals surface area contributed by atoms with Crippen molar-refractivity contribution < 1.29 is 0 Å². The molecule has 0 radical (unpaired) electrons. The zero-order chi connectivity index (χ0) is 12.4. The average Bonchev–Trinajstić information content (AvgIpc) is 2.70. The van der Waals surface area contributed by atoms with Crippen molar-refractivity contribution in [3.63, 3.8) is 0 Å². The van der Waals surface area contributed by atoms with Gasteiger partial charge in [0.1, 0.15) is 5.01 Å². The van der Waals surface area contributed by atoms with Gasteiger partial charge in [0.25, 0.3) is 0 Å². The lowest BCUT2D eigenvalue weighted by Crippen LogP contribution is -2.00. The molecule has 1 aromatic carbocycles. The Morgan fingerprint density at radius 3 is 2.53 bits per heavy atom. The van der Waals surface area contributed by atoms with Crippen molar-refractivity contribution in [1.29, 1.82) is 0 Å². The molecule has 17 heavy (non-hydrogen) atoms.